The molecule has 1 saturated heterocycles. The highest BCUT2D eigenvalue weighted by molar-refractivity contribution is 5.80. The van der Waals surface area contributed by atoms with Gasteiger partial charge in [0.25, 0.3) is 0 Å². The van der Waals surface area contributed by atoms with Crippen molar-refractivity contribution in [2.45, 2.75) is 62.8 Å². The largest absolute Gasteiger partial charge is 0.474 e. The maximum atomic E-state index is 12.5. The van der Waals surface area contributed by atoms with E-state index in [1.54, 1.807) is 11.1 Å². The fourth-order valence-corrected chi connectivity index (χ4v) is 3.74. The summed E-state index contributed by atoms with van der Waals surface area (Å²) in [4.78, 5) is 18.3. The number of ether oxygens (including phenoxy) is 1. The van der Waals surface area contributed by atoms with Gasteiger partial charge in [-0.25, -0.2) is 4.98 Å². The zero-order valence-corrected chi connectivity index (χ0v) is 14.8. The van der Waals surface area contributed by atoms with Crippen molar-refractivity contribution < 1.29 is 9.53 Å². The zero-order valence-electron chi connectivity index (χ0n) is 14.8. The first kappa shape index (κ1) is 18.2. The summed E-state index contributed by atoms with van der Waals surface area (Å²) in [5, 5.41) is 12.5. The molecule has 3 rings (SSSR count). The lowest BCUT2D eigenvalue weighted by molar-refractivity contribution is -0.131. The molecule has 0 aromatic carbocycles. The molecule has 1 amide bonds. The highest BCUT2D eigenvalue weighted by Crippen LogP contribution is 2.25. The summed E-state index contributed by atoms with van der Waals surface area (Å²) in [5.74, 6) is 3.21. The summed E-state index contributed by atoms with van der Waals surface area (Å²) in [7, 11) is 0. The fraction of sp³-hybridized carbons (Fsp3) is 0.550. The van der Waals surface area contributed by atoms with Crippen LogP contribution in [0.25, 0.3) is 0 Å². The molecule has 2 atom stereocenters. The first-order chi connectivity index (χ1) is 12.7. The van der Waals surface area contributed by atoms with Crippen LogP contribution in [0.15, 0.2) is 24.4 Å². The van der Waals surface area contributed by atoms with E-state index in [9.17, 15) is 10.1 Å². The number of nitrogens with one attached hydrogen (secondary N) is 1. The van der Waals surface area contributed by atoms with Crippen LogP contribution in [0.3, 0.4) is 0 Å². The van der Waals surface area contributed by atoms with Crippen molar-refractivity contribution in [3.63, 3.8) is 0 Å². The third-order valence-corrected chi connectivity index (χ3v) is 5.16. The molecular formula is C20H24N4O2. The van der Waals surface area contributed by atoms with E-state index >= 15 is 0 Å². The molecule has 1 aliphatic heterocycles. The Labute approximate surface area is 154 Å². The molecule has 26 heavy (non-hydrogen) atoms. The molecule has 1 saturated carbocycles. The standard InChI is InChI=1S/C20H24N4O2/c1-2-16-8-9-17(13-21)24(16)20(25)14-23-15-6-10-18(11-7-15)26-19-5-3-4-12-22-19/h1,3-5,12,15-18,23H,6-11,14H2/t15?,16-,17-,18?/m0/s1. The second-order valence-electron chi connectivity index (χ2n) is 6.85. The molecule has 1 N–H and O–H groups in total. The maximum Gasteiger partial charge on any atom is 0.238 e. The predicted octanol–water partition coefficient (Wildman–Crippen LogP) is 1.88. The minimum Gasteiger partial charge on any atom is -0.474 e. The Morgan fingerprint density at radius 2 is 2.04 bits per heavy atom. The van der Waals surface area contributed by atoms with Crippen molar-refractivity contribution in [1.82, 2.24) is 15.2 Å². The minimum atomic E-state index is -0.396. The first-order valence-corrected chi connectivity index (χ1v) is 9.19. The Balaban J connectivity index is 1.43. The van der Waals surface area contributed by atoms with Crippen LogP contribution in [-0.2, 0) is 4.79 Å². The number of aromatic nitrogens is 1. The second kappa shape index (κ2) is 8.69. The quantitative estimate of drug-likeness (QED) is 0.819. The average Bonchev–Trinajstić information content (AvgIpc) is 3.11. The van der Waals surface area contributed by atoms with Crippen molar-refractivity contribution in [2.24, 2.45) is 0 Å². The molecule has 0 bridgehead atoms. The summed E-state index contributed by atoms with van der Waals surface area (Å²) < 4.78 is 5.90. The topological polar surface area (TPSA) is 78.2 Å². The highest BCUT2D eigenvalue weighted by atomic mass is 16.5. The summed E-state index contributed by atoms with van der Waals surface area (Å²) >= 11 is 0. The number of pyridine rings is 1. The van der Waals surface area contributed by atoms with E-state index in [2.05, 4.69) is 22.3 Å². The molecule has 136 valence electrons. The maximum absolute atomic E-state index is 12.5. The third-order valence-electron chi connectivity index (χ3n) is 5.16. The van der Waals surface area contributed by atoms with Gasteiger partial charge in [0.2, 0.25) is 11.8 Å². The molecule has 6 nitrogen and oxygen atoms in total. The van der Waals surface area contributed by atoms with Gasteiger partial charge in [-0.2, -0.15) is 5.26 Å². The SMILES string of the molecule is C#C[C@H]1CC[C@@H](C#N)N1C(=O)CNC1CCC(Oc2ccccn2)CC1. The second-order valence-corrected chi connectivity index (χ2v) is 6.85. The Morgan fingerprint density at radius 1 is 1.27 bits per heavy atom. The fourth-order valence-electron chi connectivity index (χ4n) is 3.74. The van der Waals surface area contributed by atoms with E-state index in [0.29, 0.717) is 18.7 Å². The van der Waals surface area contributed by atoms with Crippen molar-refractivity contribution in [2.75, 3.05) is 6.54 Å². The number of nitriles is 1. The molecule has 0 radical (unpaired) electrons. The Hall–Kier alpha value is -2.57. The number of amides is 1. The van der Waals surface area contributed by atoms with Crippen LogP contribution in [0.5, 0.6) is 5.88 Å². The molecule has 1 aliphatic carbocycles. The van der Waals surface area contributed by atoms with Crippen LogP contribution in [0.4, 0.5) is 0 Å². The van der Waals surface area contributed by atoms with Crippen LogP contribution in [0.2, 0.25) is 0 Å². The lowest BCUT2D eigenvalue weighted by atomic mass is 9.93. The van der Waals surface area contributed by atoms with Crippen molar-refractivity contribution in [3.05, 3.63) is 24.4 Å². The minimum absolute atomic E-state index is 0.0798. The van der Waals surface area contributed by atoms with E-state index in [4.69, 9.17) is 11.2 Å². The van der Waals surface area contributed by atoms with Gasteiger partial charge >= 0.3 is 0 Å². The zero-order chi connectivity index (χ0) is 18.4. The lowest BCUT2D eigenvalue weighted by Gasteiger charge is -2.30. The van der Waals surface area contributed by atoms with Crippen molar-refractivity contribution >= 4 is 5.91 Å². The number of hydrogen-bond donors (Lipinski definition) is 1. The van der Waals surface area contributed by atoms with Gasteiger partial charge in [0.1, 0.15) is 12.1 Å². The molecule has 1 aromatic heterocycles. The number of hydrogen-bond acceptors (Lipinski definition) is 5. The predicted molar refractivity (Wildman–Crippen MR) is 97.0 cm³/mol. The van der Waals surface area contributed by atoms with Crippen LogP contribution < -0.4 is 10.1 Å². The van der Waals surface area contributed by atoms with Gasteiger partial charge in [-0.3, -0.25) is 4.79 Å². The number of rotatable bonds is 5. The number of likely N-dealkylation sites (tertiary alicyclic amines) is 1. The number of terminal acetylenes is 1. The number of carbonyl (C=O) groups excluding carboxylic acids is 1. The smallest absolute Gasteiger partial charge is 0.238 e. The molecule has 1 aromatic rings. The number of carbonyl (C=O) groups is 1. The molecule has 6 heteroatoms. The van der Waals surface area contributed by atoms with Gasteiger partial charge in [-0.15, -0.1) is 6.42 Å². The van der Waals surface area contributed by atoms with E-state index in [-0.39, 0.29) is 30.6 Å². The average molecular weight is 352 g/mol. The lowest BCUT2D eigenvalue weighted by Crippen LogP contribution is -2.47. The molecule has 0 unspecified atom stereocenters. The van der Waals surface area contributed by atoms with Gasteiger partial charge in [0.15, 0.2) is 0 Å². The summed E-state index contributed by atoms with van der Waals surface area (Å²) in [6, 6.07) is 7.47. The van der Waals surface area contributed by atoms with E-state index in [1.165, 1.54) is 0 Å². The van der Waals surface area contributed by atoms with Crippen LogP contribution >= 0.6 is 0 Å². The van der Waals surface area contributed by atoms with Crippen LogP contribution in [-0.4, -0.2) is 46.6 Å². The normalized spacial score (nSPS) is 28.2. The van der Waals surface area contributed by atoms with Gasteiger partial charge < -0.3 is 15.0 Å². The molecule has 0 spiro atoms. The monoisotopic (exact) mass is 352 g/mol. The first-order valence-electron chi connectivity index (χ1n) is 9.19. The van der Waals surface area contributed by atoms with E-state index < -0.39 is 6.04 Å². The molecule has 2 aliphatic rings. The van der Waals surface area contributed by atoms with Crippen LogP contribution in [0.1, 0.15) is 38.5 Å². The van der Waals surface area contributed by atoms with Gasteiger partial charge in [-0.05, 0) is 44.6 Å². The molecule has 2 heterocycles. The molecule has 2 fully saturated rings. The summed E-state index contributed by atoms with van der Waals surface area (Å²) in [5.41, 5.74) is 0. The van der Waals surface area contributed by atoms with Gasteiger partial charge in [-0.1, -0.05) is 12.0 Å². The third kappa shape index (κ3) is 4.33. The Bertz CT molecular complexity index is 664. The summed E-state index contributed by atoms with van der Waals surface area (Å²) in [6.45, 7) is 0.229. The van der Waals surface area contributed by atoms with Gasteiger partial charge in [0, 0.05) is 18.3 Å². The van der Waals surface area contributed by atoms with Gasteiger partial charge in [0.05, 0.1) is 18.7 Å². The van der Waals surface area contributed by atoms with Crippen molar-refractivity contribution in [1.29, 1.82) is 5.26 Å². The van der Waals surface area contributed by atoms with E-state index in [1.807, 2.05) is 18.2 Å². The molecular weight excluding hydrogens is 328 g/mol. The summed E-state index contributed by atoms with van der Waals surface area (Å²) in [6.07, 6.45) is 12.5. The highest BCUT2D eigenvalue weighted by Gasteiger charge is 2.36. The van der Waals surface area contributed by atoms with Crippen LogP contribution in [0, 0.1) is 23.7 Å². The van der Waals surface area contributed by atoms with Crippen molar-refractivity contribution in [3.8, 4) is 24.3 Å². The Kier molecular flexibility index (Phi) is 6.09. The number of nitrogens with zero attached hydrogens (tertiary/aromatic N) is 3. The van der Waals surface area contributed by atoms with E-state index in [0.717, 1.165) is 25.7 Å². The Morgan fingerprint density at radius 3 is 2.69 bits per heavy atom.